The number of anilines is 1. The van der Waals surface area contributed by atoms with Crippen molar-refractivity contribution in [1.29, 1.82) is 0 Å². The van der Waals surface area contributed by atoms with Crippen molar-refractivity contribution in [2.24, 2.45) is 0 Å². The minimum absolute atomic E-state index is 0.204. The molecule has 0 fully saturated rings. The molecule has 4 aromatic rings. The van der Waals surface area contributed by atoms with Crippen LogP contribution in [0.25, 0.3) is 21.0 Å². The maximum Gasteiger partial charge on any atom is 0.261 e. The van der Waals surface area contributed by atoms with Crippen molar-refractivity contribution in [2.45, 2.75) is 20.8 Å². The summed E-state index contributed by atoms with van der Waals surface area (Å²) in [5, 5.41) is 5.45. The minimum atomic E-state index is -0.204. The van der Waals surface area contributed by atoms with E-state index < -0.39 is 0 Å². The Morgan fingerprint density at radius 1 is 1.07 bits per heavy atom. The second-order valence-corrected chi connectivity index (χ2v) is 7.44. The second-order valence-electron chi connectivity index (χ2n) is 6.44. The predicted octanol–water partition coefficient (Wildman–Crippen LogP) is 5.72. The monoisotopic (exact) mass is 376 g/mol. The van der Waals surface area contributed by atoms with Crippen LogP contribution >= 0.6 is 11.3 Å². The molecule has 0 aliphatic rings. The number of ether oxygens (including phenoxy) is 1. The number of aromatic nitrogens is 1. The summed E-state index contributed by atoms with van der Waals surface area (Å²) in [5.41, 5.74) is 3.75. The van der Waals surface area contributed by atoms with Gasteiger partial charge in [0.2, 0.25) is 0 Å². The van der Waals surface area contributed by atoms with Gasteiger partial charge in [-0.05, 0) is 48.7 Å². The molecule has 5 heteroatoms. The first-order chi connectivity index (χ1) is 13.1. The number of aryl methyl sites for hydroxylation is 2. The molecule has 1 amide bonds. The van der Waals surface area contributed by atoms with Gasteiger partial charge < -0.3 is 4.74 Å². The van der Waals surface area contributed by atoms with Crippen molar-refractivity contribution in [3.05, 3.63) is 65.2 Å². The first-order valence-corrected chi connectivity index (χ1v) is 9.72. The van der Waals surface area contributed by atoms with Gasteiger partial charge in [-0.3, -0.25) is 10.1 Å². The number of rotatable bonds is 4. The summed E-state index contributed by atoms with van der Waals surface area (Å²) in [4.78, 5) is 17.8. The fraction of sp³-hybridized carbons (Fsp3) is 0.182. The summed E-state index contributed by atoms with van der Waals surface area (Å²) in [6.07, 6.45) is 0. The number of nitrogens with zero attached hydrogens (tertiary/aromatic N) is 1. The molecule has 27 heavy (non-hydrogen) atoms. The molecule has 136 valence electrons. The van der Waals surface area contributed by atoms with Gasteiger partial charge in [-0.25, -0.2) is 4.98 Å². The van der Waals surface area contributed by atoms with Crippen LogP contribution in [0, 0.1) is 13.8 Å². The van der Waals surface area contributed by atoms with E-state index >= 15 is 0 Å². The van der Waals surface area contributed by atoms with Gasteiger partial charge in [0.1, 0.15) is 5.75 Å². The Balaban J connectivity index is 1.78. The molecule has 0 aliphatic carbocycles. The maximum atomic E-state index is 13.1. The van der Waals surface area contributed by atoms with Crippen molar-refractivity contribution in [3.63, 3.8) is 0 Å². The van der Waals surface area contributed by atoms with Gasteiger partial charge in [-0.2, -0.15) is 0 Å². The third kappa shape index (κ3) is 3.15. The Bertz CT molecular complexity index is 1120. The third-order valence-corrected chi connectivity index (χ3v) is 5.69. The maximum absolute atomic E-state index is 13.1. The Morgan fingerprint density at radius 2 is 1.85 bits per heavy atom. The van der Waals surface area contributed by atoms with Crippen molar-refractivity contribution in [1.82, 2.24) is 4.98 Å². The lowest BCUT2D eigenvalue weighted by atomic mass is 10.0. The lowest BCUT2D eigenvalue weighted by Gasteiger charge is -2.12. The number of hydrogen-bond acceptors (Lipinski definition) is 4. The fourth-order valence-corrected chi connectivity index (χ4v) is 4.24. The molecule has 3 aromatic carbocycles. The molecule has 4 nitrogen and oxygen atoms in total. The molecular weight excluding hydrogens is 356 g/mol. The van der Waals surface area contributed by atoms with Crippen LogP contribution in [0.3, 0.4) is 0 Å². The van der Waals surface area contributed by atoms with Crippen LogP contribution in [0.1, 0.15) is 28.4 Å². The topological polar surface area (TPSA) is 51.2 Å². The van der Waals surface area contributed by atoms with Crippen molar-refractivity contribution in [3.8, 4) is 5.75 Å². The molecule has 4 rings (SSSR count). The standard InChI is InChI=1S/C22H20N2O2S/c1-4-26-17-12-11-15-7-5-6-8-16(15)18(17)21(25)24-22-23-19-13(2)9-10-14(3)20(19)27-22/h5-12H,4H2,1-3H3,(H,23,24,25). The predicted molar refractivity (Wildman–Crippen MR) is 112 cm³/mol. The van der Waals surface area contributed by atoms with E-state index in [1.54, 1.807) is 0 Å². The van der Waals surface area contributed by atoms with E-state index in [1.807, 2.05) is 50.2 Å². The van der Waals surface area contributed by atoms with Gasteiger partial charge in [0, 0.05) is 0 Å². The summed E-state index contributed by atoms with van der Waals surface area (Å²) in [6, 6.07) is 15.8. The molecule has 0 saturated carbocycles. The Hall–Kier alpha value is -2.92. The van der Waals surface area contributed by atoms with Crippen LogP contribution in [0.15, 0.2) is 48.5 Å². The van der Waals surface area contributed by atoms with E-state index in [-0.39, 0.29) is 5.91 Å². The number of carbonyl (C=O) groups excluding carboxylic acids is 1. The van der Waals surface area contributed by atoms with Gasteiger partial charge in [-0.1, -0.05) is 53.8 Å². The normalized spacial score (nSPS) is 11.1. The third-order valence-electron chi connectivity index (χ3n) is 4.58. The van der Waals surface area contributed by atoms with Crippen LogP contribution in [-0.4, -0.2) is 17.5 Å². The average Bonchev–Trinajstić information content (AvgIpc) is 3.10. The summed E-state index contributed by atoms with van der Waals surface area (Å²) < 4.78 is 6.83. The summed E-state index contributed by atoms with van der Waals surface area (Å²) >= 11 is 1.50. The molecule has 0 saturated heterocycles. The molecule has 0 aliphatic heterocycles. The largest absolute Gasteiger partial charge is 0.493 e. The quantitative estimate of drug-likeness (QED) is 0.496. The lowest BCUT2D eigenvalue weighted by molar-refractivity contribution is 0.102. The van der Waals surface area contributed by atoms with Crippen molar-refractivity contribution in [2.75, 3.05) is 11.9 Å². The van der Waals surface area contributed by atoms with Crippen LogP contribution in [0.4, 0.5) is 5.13 Å². The molecule has 1 N–H and O–H groups in total. The minimum Gasteiger partial charge on any atom is -0.493 e. The van der Waals surface area contributed by atoms with Crippen molar-refractivity contribution >= 4 is 43.4 Å². The smallest absolute Gasteiger partial charge is 0.261 e. The number of fused-ring (bicyclic) bond motifs is 2. The molecule has 0 atom stereocenters. The summed E-state index contributed by atoms with van der Waals surface area (Å²) in [6.45, 7) is 6.50. The first-order valence-electron chi connectivity index (χ1n) is 8.91. The second kappa shape index (κ2) is 7.00. The van der Waals surface area contributed by atoms with E-state index in [2.05, 4.69) is 29.4 Å². The highest BCUT2D eigenvalue weighted by atomic mass is 32.1. The highest BCUT2D eigenvalue weighted by Gasteiger charge is 2.19. The molecule has 1 heterocycles. The number of benzene rings is 3. The molecular formula is C22H20N2O2S. The van der Waals surface area contributed by atoms with Crippen molar-refractivity contribution < 1.29 is 9.53 Å². The van der Waals surface area contributed by atoms with Crippen LogP contribution in [0.5, 0.6) is 5.75 Å². The number of thiazole rings is 1. The SMILES string of the molecule is CCOc1ccc2ccccc2c1C(=O)Nc1nc2c(C)ccc(C)c2s1. The fourth-order valence-electron chi connectivity index (χ4n) is 3.23. The molecule has 0 unspecified atom stereocenters. The molecule has 0 bridgehead atoms. The van der Waals surface area contributed by atoms with E-state index in [9.17, 15) is 4.79 Å². The lowest BCUT2D eigenvalue weighted by Crippen LogP contribution is -2.14. The number of nitrogens with one attached hydrogen (secondary N) is 1. The highest BCUT2D eigenvalue weighted by molar-refractivity contribution is 7.22. The van der Waals surface area contributed by atoms with Gasteiger partial charge >= 0.3 is 0 Å². The zero-order valence-corrected chi connectivity index (χ0v) is 16.3. The molecule has 1 aromatic heterocycles. The van der Waals surface area contributed by atoms with E-state index in [4.69, 9.17) is 4.74 Å². The summed E-state index contributed by atoms with van der Waals surface area (Å²) in [7, 11) is 0. The highest BCUT2D eigenvalue weighted by Crippen LogP contribution is 2.33. The van der Waals surface area contributed by atoms with E-state index in [0.717, 1.165) is 32.1 Å². The Labute approximate surface area is 161 Å². The average molecular weight is 376 g/mol. The molecule has 0 spiro atoms. The van der Waals surface area contributed by atoms with E-state index in [1.165, 1.54) is 11.3 Å². The Morgan fingerprint density at radius 3 is 2.63 bits per heavy atom. The van der Waals surface area contributed by atoms with Crippen LogP contribution in [0.2, 0.25) is 0 Å². The van der Waals surface area contributed by atoms with Gasteiger partial charge in [-0.15, -0.1) is 0 Å². The van der Waals surface area contributed by atoms with Gasteiger partial charge in [0.25, 0.3) is 5.91 Å². The molecule has 0 radical (unpaired) electrons. The van der Waals surface area contributed by atoms with Crippen LogP contribution in [-0.2, 0) is 0 Å². The number of amides is 1. The zero-order chi connectivity index (χ0) is 19.0. The van der Waals surface area contributed by atoms with E-state index in [0.29, 0.717) is 23.1 Å². The Kier molecular flexibility index (Phi) is 4.54. The number of hydrogen-bond donors (Lipinski definition) is 1. The summed E-state index contributed by atoms with van der Waals surface area (Å²) in [5.74, 6) is 0.381. The van der Waals surface area contributed by atoms with Gasteiger partial charge in [0.05, 0.1) is 22.4 Å². The van der Waals surface area contributed by atoms with Gasteiger partial charge in [0.15, 0.2) is 5.13 Å². The van der Waals surface area contributed by atoms with Crippen LogP contribution < -0.4 is 10.1 Å². The number of carbonyl (C=O) groups is 1. The first kappa shape index (κ1) is 17.5. The zero-order valence-electron chi connectivity index (χ0n) is 15.5.